The number of benzene rings is 1. The van der Waals surface area contributed by atoms with Crippen molar-refractivity contribution in [1.82, 2.24) is 0 Å². The molecule has 0 radical (unpaired) electrons. The Kier molecular flexibility index (Phi) is 3.73. The molecule has 0 fully saturated rings. The Balaban J connectivity index is 2.99. The van der Waals surface area contributed by atoms with Gasteiger partial charge in [-0.1, -0.05) is 30.3 Å². The SMILES string of the molecule is OC(c1ccccc1)C(F)(F)C(O)C(F)(F)F. The minimum absolute atomic E-state index is 0.402. The van der Waals surface area contributed by atoms with Gasteiger partial charge in [0.05, 0.1) is 0 Å². The Hall–Kier alpha value is -1.21. The number of hydrogen-bond acceptors (Lipinski definition) is 2. The fourth-order valence-corrected chi connectivity index (χ4v) is 1.23. The molecule has 0 saturated heterocycles. The molecule has 0 aliphatic carbocycles. The van der Waals surface area contributed by atoms with Crippen molar-refractivity contribution in [3.05, 3.63) is 35.9 Å². The van der Waals surface area contributed by atoms with E-state index in [2.05, 4.69) is 0 Å². The van der Waals surface area contributed by atoms with Gasteiger partial charge in [-0.3, -0.25) is 0 Å². The predicted molar refractivity (Wildman–Crippen MR) is 48.4 cm³/mol. The van der Waals surface area contributed by atoms with E-state index in [1.807, 2.05) is 0 Å². The third-order valence-electron chi connectivity index (χ3n) is 2.15. The first kappa shape index (κ1) is 13.9. The van der Waals surface area contributed by atoms with Crippen LogP contribution in [0.3, 0.4) is 0 Å². The average Bonchev–Trinajstić information content (AvgIpc) is 2.27. The predicted octanol–water partition coefficient (Wildman–Crippen LogP) is 2.28. The second kappa shape index (κ2) is 4.58. The van der Waals surface area contributed by atoms with Gasteiger partial charge in [0.25, 0.3) is 0 Å². The fourth-order valence-electron chi connectivity index (χ4n) is 1.23. The van der Waals surface area contributed by atoms with Crippen molar-refractivity contribution >= 4 is 0 Å². The van der Waals surface area contributed by atoms with Crippen molar-refractivity contribution in [3.8, 4) is 0 Å². The molecule has 2 N–H and O–H groups in total. The minimum Gasteiger partial charge on any atom is -0.382 e. The van der Waals surface area contributed by atoms with Crippen LogP contribution in [0.5, 0.6) is 0 Å². The minimum atomic E-state index is -5.50. The van der Waals surface area contributed by atoms with Gasteiger partial charge < -0.3 is 10.2 Å². The molecule has 1 rings (SSSR count). The van der Waals surface area contributed by atoms with Gasteiger partial charge in [-0.15, -0.1) is 0 Å². The van der Waals surface area contributed by atoms with Gasteiger partial charge in [-0.2, -0.15) is 13.2 Å². The molecule has 2 unspecified atom stereocenters. The summed E-state index contributed by atoms with van der Waals surface area (Å²) in [5.74, 6) is -4.71. The summed E-state index contributed by atoms with van der Waals surface area (Å²) in [6.07, 6.45) is -12.1. The highest BCUT2D eigenvalue weighted by Crippen LogP contribution is 2.40. The molecule has 0 aromatic heterocycles. The van der Waals surface area contributed by atoms with E-state index in [0.29, 0.717) is 0 Å². The molecule has 0 bridgehead atoms. The average molecular weight is 256 g/mol. The standard InChI is InChI=1S/C10H9F5O2/c11-9(12,8(17)10(13,14)15)7(16)6-4-2-1-3-5-6/h1-5,7-8,16-17H. The Labute approximate surface area is 93.3 Å². The molecule has 0 saturated carbocycles. The van der Waals surface area contributed by atoms with E-state index in [1.54, 1.807) is 0 Å². The van der Waals surface area contributed by atoms with E-state index < -0.39 is 29.9 Å². The Morgan fingerprint density at radius 1 is 0.882 bits per heavy atom. The highest BCUT2D eigenvalue weighted by Gasteiger charge is 2.59. The largest absolute Gasteiger partial charge is 0.420 e. The molecule has 0 amide bonds. The summed E-state index contributed by atoms with van der Waals surface area (Å²) < 4.78 is 62.3. The summed E-state index contributed by atoms with van der Waals surface area (Å²) in [4.78, 5) is 0. The zero-order valence-electron chi connectivity index (χ0n) is 8.33. The number of hydrogen-bond donors (Lipinski definition) is 2. The highest BCUT2D eigenvalue weighted by atomic mass is 19.4. The summed E-state index contributed by atoms with van der Waals surface area (Å²) in [7, 11) is 0. The lowest BCUT2D eigenvalue weighted by molar-refractivity contribution is -0.292. The van der Waals surface area contributed by atoms with Gasteiger partial charge in [0.2, 0.25) is 6.10 Å². The summed E-state index contributed by atoms with van der Waals surface area (Å²) in [5.41, 5.74) is -0.402. The zero-order valence-corrected chi connectivity index (χ0v) is 8.33. The maximum absolute atomic E-state index is 13.2. The summed E-state index contributed by atoms with van der Waals surface area (Å²) in [5, 5.41) is 17.7. The molecule has 1 aromatic carbocycles. The molecular formula is C10H9F5O2. The van der Waals surface area contributed by atoms with Crippen molar-refractivity contribution in [2.75, 3.05) is 0 Å². The molecule has 0 heterocycles. The van der Waals surface area contributed by atoms with E-state index in [-0.39, 0.29) is 0 Å². The topological polar surface area (TPSA) is 40.5 Å². The molecule has 2 atom stereocenters. The van der Waals surface area contributed by atoms with Gasteiger partial charge in [0.1, 0.15) is 6.10 Å². The molecule has 0 spiro atoms. The van der Waals surface area contributed by atoms with Crippen LogP contribution in [0.4, 0.5) is 22.0 Å². The quantitative estimate of drug-likeness (QED) is 0.814. The fraction of sp³-hybridized carbons (Fsp3) is 0.400. The number of aliphatic hydroxyl groups is 2. The van der Waals surface area contributed by atoms with Crippen LogP contribution in [-0.2, 0) is 0 Å². The second-order valence-electron chi connectivity index (χ2n) is 3.43. The van der Waals surface area contributed by atoms with Gasteiger partial charge in [-0.05, 0) is 5.56 Å². The molecule has 96 valence electrons. The Morgan fingerprint density at radius 3 is 1.76 bits per heavy atom. The lowest BCUT2D eigenvalue weighted by atomic mass is 9.99. The van der Waals surface area contributed by atoms with Crippen molar-refractivity contribution in [3.63, 3.8) is 0 Å². The van der Waals surface area contributed by atoms with Crippen LogP contribution in [0, 0.1) is 0 Å². The first-order valence-electron chi connectivity index (χ1n) is 4.53. The van der Waals surface area contributed by atoms with Crippen LogP contribution in [0.15, 0.2) is 30.3 Å². The number of alkyl halides is 5. The van der Waals surface area contributed by atoms with Crippen LogP contribution in [0.1, 0.15) is 11.7 Å². The number of rotatable bonds is 3. The second-order valence-corrected chi connectivity index (χ2v) is 3.43. The lowest BCUT2D eigenvalue weighted by Crippen LogP contribution is -2.48. The molecule has 0 aliphatic rings. The Bertz CT molecular complexity index is 363. The van der Waals surface area contributed by atoms with Gasteiger partial charge in [0.15, 0.2) is 0 Å². The smallest absolute Gasteiger partial charge is 0.382 e. The van der Waals surface area contributed by atoms with Crippen LogP contribution in [0.25, 0.3) is 0 Å². The lowest BCUT2D eigenvalue weighted by Gasteiger charge is -2.28. The van der Waals surface area contributed by atoms with Crippen LogP contribution >= 0.6 is 0 Å². The van der Waals surface area contributed by atoms with Gasteiger partial charge in [0, 0.05) is 0 Å². The molecule has 7 heteroatoms. The zero-order chi connectivity index (χ0) is 13.3. The summed E-state index contributed by atoms with van der Waals surface area (Å²) >= 11 is 0. The van der Waals surface area contributed by atoms with Crippen LogP contribution in [-0.4, -0.2) is 28.4 Å². The van der Waals surface area contributed by atoms with Crippen LogP contribution < -0.4 is 0 Å². The molecule has 1 aromatic rings. The number of aliphatic hydroxyl groups excluding tert-OH is 2. The van der Waals surface area contributed by atoms with Gasteiger partial charge >= 0.3 is 12.1 Å². The molecular weight excluding hydrogens is 247 g/mol. The summed E-state index contributed by atoms with van der Waals surface area (Å²) in [6, 6.07) is 6.11. The Morgan fingerprint density at radius 2 is 1.35 bits per heavy atom. The maximum Gasteiger partial charge on any atom is 0.420 e. The van der Waals surface area contributed by atoms with Crippen molar-refractivity contribution in [2.24, 2.45) is 0 Å². The van der Waals surface area contributed by atoms with Crippen molar-refractivity contribution in [1.29, 1.82) is 0 Å². The third-order valence-corrected chi connectivity index (χ3v) is 2.15. The van der Waals surface area contributed by atoms with Crippen molar-refractivity contribution in [2.45, 2.75) is 24.3 Å². The van der Waals surface area contributed by atoms with E-state index in [9.17, 15) is 27.1 Å². The first-order valence-corrected chi connectivity index (χ1v) is 4.53. The summed E-state index contributed by atoms with van der Waals surface area (Å²) in [6.45, 7) is 0. The van der Waals surface area contributed by atoms with E-state index in [4.69, 9.17) is 5.11 Å². The van der Waals surface area contributed by atoms with E-state index in [1.165, 1.54) is 18.2 Å². The third kappa shape index (κ3) is 2.92. The molecule has 0 aliphatic heterocycles. The monoisotopic (exact) mass is 256 g/mol. The van der Waals surface area contributed by atoms with Crippen molar-refractivity contribution < 1.29 is 32.2 Å². The highest BCUT2D eigenvalue weighted by molar-refractivity contribution is 5.20. The van der Waals surface area contributed by atoms with Gasteiger partial charge in [-0.25, -0.2) is 8.78 Å². The van der Waals surface area contributed by atoms with Crippen LogP contribution in [0.2, 0.25) is 0 Å². The molecule has 17 heavy (non-hydrogen) atoms. The number of halogens is 5. The normalized spacial score (nSPS) is 16.6. The van der Waals surface area contributed by atoms with E-state index >= 15 is 0 Å². The maximum atomic E-state index is 13.2. The first-order chi connectivity index (χ1) is 7.67. The molecule has 2 nitrogen and oxygen atoms in total. The van der Waals surface area contributed by atoms with E-state index in [0.717, 1.165) is 12.1 Å².